The van der Waals surface area contributed by atoms with Crippen LogP contribution in [0.3, 0.4) is 0 Å². The Morgan fingerprint density at radius 3 is 2.40 bits per heavy atom. The van der Waals surface area contributed by atoms with E-state index < -0.39 is 6.36 Å². The molecular formula is C22H26F3N3OS. The van der Waals surface area contributed by atoms with Crippen LogP contribution in [0.1, 0.15) is 6.92 Å². The zero-order valence-electron chi connectivity index (χ0n) is 17.2. The van der Waals surface area contributed by atoms with Crippen LogP contribution in [0.4, 0.5) is 24.5 Å². The SMILES string of the molecule is CC(CN1CCN(C)CC1)CN1c2ccccc2Sc2ccc(OC(F)(F)F)cc21. The molecule has 2 aromatic carbocycles. The second-order valence-electron chi connectivity index (χ2n) is 8.07. The maximum absolute atomic E-state index is 12.8. The average molecular weight is 438 g/mol. The fourth-order valence-corrected chi connectivity index (χ4v) is 5.12. The molecule has 0 saturated carbocycles. The first kappa shape index (κ1) is 21.3. The summed E-state index contributed by atoms with van der Waals surface area (Å²) in [5.41, 5.74) is 1.80. The quantitative estimate of drug-likeness (QED) is 0.648. The monoisotopic (exact) mass is 437 g/mol. The van der Waals surface area contributed by atoms with Crippen LogP contribution in [0.25, 0.3) is 0 Å². The van der Waals surface area contributed by atoms with Gasteiger partial charge in [-0.3, -0.25) is 0 Å². The van der Waals surface area contributed by atoms with Gasteiger partial charge in [-0.15, -0.1) is 13.2 Å². The third kappa shape index (κ3) is 5.04. The Kier molecular flexibility index (Phi) is 6.18. The molecule has 4 rings (SSSR count). The molecule has 1 saturated heterocycles. The molecule has 2 aliphatic rings. The summed E-state index contributed by atoms with van der Waals surface area (Å²) in [5, 5.41) is 0. The number of fused-ring (bicyclic) bond motifs is 2. The number of benzene rings is 2. The van der Waals surface area contributed by atoms with E-state index >= 15 is 0 Å². The third-order valence-electron chi connectivity index (χ3n) is 5.49. The Hall–Kier alpha value is -1.90. The van der Waals surface area contributed by atoms with Crippen molar-refractivity contribution in [3.05, 3.63) is 42.5 Å². The van der Waals surface area contributed by atoms with Gasteiger partial charge in [0.05, 0.1) is 11.4 Å². The van der Waals surface area contributed by atoms with Crippen molar-refractivity contribution in [1.29, 1.82) is 0 Å². The van der Waals surface area contributed by atoms with Crippen molar-refractivity contribution in [1.82, 2.24) is 9.80 Å². The highest BCUT2D eigenvalue weighted by Gasteiger charge is 2.32. The second-order valence-corrected chi connectivity index (χ2v) is 9.15. The Morgan fingerprint density at radius 1 is 0.967 bits per heavy atom. The minimum absolute atomic E-state index is 0.182. The maximum Gasteiger partial charge on any atom is 0.573 e. The number of halogens is 3. The van der Waals surface area contributed by atoms with Gasteiger partial charge in [0.2, 0.25) is 0 Å². The summed E-state index contributed by atoms with van der Waals surface area (Å²) in [6.45, 7) is 8.13. The first-order valence-corrected chi connectivity index (χ1v) is 11.0. The molecule has 0 aliphatic carbocycles. The Balaban J connectivity index is 1.57. The summed E-state index contributed by atoms with van der Waals surface area (Å²) in [5.74, 6) is 0.169. The van der Waals surface area contributed by atoms with Crippen LogP contribution in [-0.2, 0) is 0 Å². The summed E-state index contributed by atoms with van der Waals surface area (Å²) >= 11 is 1.58. The summed E-state index contributed by atoms with van der Waals surface area (Å²) in [7, 11) is 2.14. The molecule has 1 unspecified atom stereocenters. The van der Waals surface area contributed by atoms with E-state index in [2.05, 4.69) is 39.5 Å². The molecule has 0 N–H and O–H groups in total. The summed E-state index contributed by atoms with van der Waals surface area (Å²) < 4.78 is 42.5. The number of hydrogen-bond donors (Lipinski definition) is 0. The molecule has 0 aromatic heterocycles. The zero-order valence-corrected chi connectivity index (χ0v) is 18.0. The number of hydrogen-bond acceptors (Lipinski definition) is 5. The first-order chi connectivity index (χ1) is 14.3. The number of para-hydroxylation sites is 1. The molecule has 4 nitrogen and oxygen atoms in total. The molecule has 2 aliphatic heterocycles. The van der Waals surface area contributed by atoms with Crippen molar-refractivity contribution in [2.45, 2.75) is 23.1 Å². The van der Waals surface area contributed by atoms with E-state index in [4.69, 9.17) is 0 Å². The number of rotatable bonds is 5. The molecule has 0 bridgehead atoms. The van der Waals surface area contributed by atoms with Gasteiger partial charge in [-0.05, 0) is 37.2 Å². The summed E-state index contributed by atoms with van der Waals surface area (Å²) in [6.07, 6.45) is -4.70. The van der Waals surface area contributed by atoms with Crippen LogP contribution >= 0.6 is 11.8 Å². The molecule has 30 heavy (non-hydrogen) atoms. The van der Waals surface area contributed by atoms with Crippen molar-refractivity contribution in [2.24, 2.45) is 5.92 Å². The van der Waals surface area contributed by atoms with Crippen LogP contribution in [0.15, 0.2) is 52.3 Å². The molecular weight excluding hydrogens is 411 g/mol. The first-order valence-electron chi connectivity index (χ1n) is 10.1. The predicted molar refractivity (Wildman–Crippen MR) is 114 cm³/mol. The van der Waals surface area contributed by atoms with Crippen LogP contribution < -0.4 is 9.64 Å². The normalized spacial score (nSPS) is 18.6. The lowest BCUT2D eigenvalue weighted by Gasteiger charge is -2.37. The van der Waals surface area contributed by atoms with Gasteiger partial charge in [0.15, 0.2) is 0 Å². The fourth-order valence-electron chi connectivity index (χ4n) is 4.04. The number of piperazine rings is 1. The molecule has 1 atom stereocenters. The van der Waals surface area contributed by atoms with Gasteiger partial charge in [0, 0.05) is 55.1 Å². The lowest BCUT2D eigenvalue weighted by Crippen LogP contribution is -2.46. The highest BCUT2D eigenvalue weighted by atomic mass is 32.2. The smallest absolute Gasteiger partial charge is 0.406 e. The Bertz CT molecular complexity index is 884. The van der Waals surface area contributed by atoms with Gasteiger partial charge in [-0.25, -0.2) is 0 Å². The molecule has 8 heteroatoms. The van der Waals surface area contributed by atoms with Crippen molar-refractivity contribution < 1.29 is 17.9 Å². The highest BCUT2D eigenvalue weighted by Crippen LogP contribution is 2.49. The maximum atomic E-state index is 12.8. The highest BCUT2D eigenvalue weighted by molar-refractivity contribution is 7.99. The van der Waals surface area contributed by atoms with Gasteiger partial charge >= 0.3 is 6.36 Å². The second kappa shape index (κ2) is 8.69. The topological polar surface area (TPSA) is 19.0 Å². The number of anilines is 2. The summed E-state index contributed by atoms with van der Waals surface area (Å²) in [4.78, 5) is 9.00. The fraction of sp³-hybridized carbons (Fsp3) is 0.455. The zero-order chi connectivity index (χ0) is 21.3. The van der Waals surface area contributed by atoms with Crippen LogP contribution in [0.5, 0.6) is 5.75 Å². The van der Waals surface area contributed by atoms with Gasteiger partial charge in [-0.1, -0.05) is 30.8 Å². The van der Waals surface area contributed by atoms with Gasteiger partial charge < -0.3 is 19.4 Å². The van der Waals surface area contributed by atoms with Crippen molar-refractivity contribution >= 4 is 23.1 Å². The molecule has 0 amide bonds. The largest absolute Gasteiger partial charge is 0.573 e. The molecule has 2 heterocycles. The van der Waals surface area contributed by atoms with E-state index in [0.29, 0.717) is 5.92 Å². The van der Waals surface area contributed by atoms with E-state index in [-0.39, 0.29) is 5.75 Å². The van der Waals surface area contributed by atoms with Crippen LogP contribution in [0, 0.1) is 5.92 Å². The van der Waals surface area contributed by atoms with E-state index in [0.717, 1.165) is 60.4 Å². The predicted octanol–water partition coefficient (Wildman–Crippen LogP) is 5.07. The third-order valence-corrected chi connectivity index (χ3v) is 6.62. The standard InChI is InChI=1S/C22H26F3N3OS/c1-16(14-27-11-9-26(2)10-12-27)15-28-18-5-3-4-6-20(18)30-21-8-7-17(13-19(21)28)29-22(23,24)25/h3-8,13,16H,9-12,14-15H2,1-2H3. The molecule has 162 valence electrons. The number of alkyl halides is 3. The minimum atomic E-state index is -4.70. The minimum Gasteiger partial charge on any atom is -0.406 e. The van der Waals surface area contributed by atoms with Crippen molar-refractivity contribution in [3.63, 3.8) is 0 Å². The van der Waals surface area contributed by atoms with E-state index in [1.807, 2.05) is 18.2 Å². The van der Waals surface area contributed by atoms with Crippen molar-refractivity contribution in [3.8, 4) is 5.75 Å². The van der Waals surface area contributed by atoms with Gasteiger partial charge in [-0.2, -0.15) is 0 Å². The average Bonchev–Trinajstić information content (AvgIpc) is 2.69. The Morgan fingerprint density at radius 2 is 1.67 bits per heavy atom. The lowest BCUT2D eigenvalue weighted by molar-refractivity contribution is -0.274. The van der Waals surface area contributed by atoms with Gasteiger partial charge in [0.1, 0.15) is 5.75 Å². The number of nitrogens with zero attached hydrogens (tertiary/aromatic N) is 3. The lowest BCUT2D eigenvalue weighted by atomic mass is 10.1. The van der Waals surface area contributed by atoms with E-state index in [1.165, 1.54) is 12.1 Å². The van der Waals surface area contributed by atoms with Gasteiger partial charge in [0.25, 0.3) is 0 Å². The van der Waals surface area contributed by atoms with Crippen LogP contribution in [0.2, 0.25) is 0 Å². The Labute approximate surface area is 179 Å². The molecule has 0 radical (unpaired) electrons. The molecule has 2 aromatic rings. The molecule has 0 spiro atoms. The van der Waals surface area contributed by atoms with Crippen molar-refractivity contribution in [2.75, 3.05) is 51.2 Å². The molecule has 1 fully saturated rings. The summed E-state index contributed by atoms with van der Waals surface area (Å²) in [6, 6.07) is 12.7. The van der Waals surface area contributed by atoms with E-state index in [1.54, 1.807) is 17.8 Å². The van der Waals surface area contributed by atoms with E-state index in [9.17, 15) is 13.2 Å². The number of ether oxygens (including phenoxy) is 1. The van der Waals surface area contributed by atoms with Crippen LogP contribution in [-0.4, -0.2) is 62.5 Å². The number of likely N-dealkylation sites (N-methyl/N-ethyl adjacent to an activating group) is 1.